The molecule has 0 atom stereocenters. The number of aromatic nitrogens is 5. The minimum atomic E-state index is -0.159. The van der Waals surface area contributed by atoms with Gasteiger partial charge in [0.05, 0.1) is 17.4 Å². The van der Waals surface area contributed by atoms with Crippen molar-refractivity contribution in [2.24, 2.45) is 0 Å². The first kappa shape index (κ1) is 14.1. The number of rotatable bonds is 3. The van der Waals surface area contributed by atoms with Crippen molar-refractivity contribution in [3.05, 3.63) is 76.9 Å². The molecule has 2 N–H and O–H groups in total. The molecule has 4 heterocycles. The molecule has 0 saturated heterocycles. The van der Waals surface area contributed by atoms with E-state index in [4.69, 9.17) is 0 Å². The number of nitrogens with zero attached hydrogens (tertiary/aromatic N) is 3. The Kier molecular flexibility index (Phi) is 3.47. The van der Waals surface area contributed by atoms with Crippen LogP contribution >= 0.6 is 0 Å². The second-order valence-corrected chi connectivity index (χ2v) is 5.27. The van der Waals surface area contributed by atoms with Crippen LogP contribution in [0.15, 0.2) is 60.0 Å². The largest absolute Gasteiger partial charge is 0.339 e. The predicted molar refractivity (Wildman–Crippen MR) is 93.1 cm³/mol. The summed E-state index contributed by atoms with van der Waals surface area (Å²) in [6, 6.07) is 9.50. The number of aromatic amines is 2. The molecule has 6 nitrogen and oxygen atoms in total. The highest BCUT2D eigenvalue weighted by Gasteiger charge is 2.07. The second kappa shape index (κ2) is 5.92. The van der Waals surface area contributed by atoms with Crippen molar-refractivity contribution < 1.29 is 0 Å². The van der Waals surface area contributed by atoms with Gasteiger partial charge in [-0.15, -0.1) is 0 Å². The minimum Gasteiger partial charge on any atom is -0.339 e. The van der Waals surface area contributed by atoms with Gasteiger partial charge in [-0.25, -0.2) is 4.98 Å². The number of pyridine rings is 2. The quantitative estimate of drug-likeness (QED) is 0.608. The van der Waals surface area contributed by atoms with Crippen molar-refractivity contribution in [3.63, 3.8) is 0 Å². The number of fused-ring (bicyclic) bond motifs is 1. The van der Waals surface area contributed by atoms with Crippen molar-refractivity contribution >= 4 is 23.2 Å². The standard InChI is InChI=1S/C18H13N5O/c24-18-15-9-16(23-17(15)21-11-22-18)13-5-7-20-14(8-13)4-3-12-2-1-6-19-10-12/h1-11H,(H2,21,22,23,24)/b4-3+. The average Bonchev–Trinajstić information content (AvgIpc) is 3.07. The molecule has 0 saturated carbocycles. The molecule has 0 aliphatic heterocycles. The van der Waals surface area contributed by atoms with Gasteiger partial charge >= 0.3 is 0 Å². The monoisotopic (exact) mass is 315 g/mol. The lowest BCUT2D eigenvalue weighted by Gasteiger charge is -1.99. The van der Waals surface area contributed by atoms with E-state index in [1.165, 1.54) is 6.33 Å². The summed E-state index contributed by atoms with van der Waals surface area (Å²) in [5.41, 5.74) is 4.00. The Labute approximate surface area is 137 Å². The second-order valence-electron chi connectivity index (χ2n) is 5.27. The van der Waals surface area contributed by atoms with Crippen LogP contribution in [0.1, 0.15) is 11.3 Å². The highest BCUT2D eigenvalue weighted by Crippen LogP contribution is 2.21. The van der Waals surface area contributed by atoms with Crippen molar-refractivity contribution in [2.45, 2.75) is 0 Å². The topological polar surface area (TPSA) is 87.3 Å². The predicted octanol–water partition coefficient (Wildman–Crippen LogP) is 2.88. The van der Waals surface area contributed by atoms with Crippen LogP contribution in [0.25, 0.3) is 34.4 Å². The van der Waals surface area contributed by atoms with Crippen molar-refractivity contribution in [1.82, 2.24) is 24.9 Å². The third-order valence-electron chi connectivity index (χ3n) is 3.65. The van der Waals surface area contributed by atoms with Gasteiger partial charge < -0.3 is 9.97 Å². The maximum atomic E-state index is 11.8. The van der Waals surface area contributed by atoms with Crippen molar-refractivity contribution in [1.29, 1.82) is 0 Å². The van der Waals surface area contributed by atoms with Gasteiger partial charge in [0.25, 0.3) is 5.56 Å². The normalized spacial score (nSPS) is 11.3. The number of hydrogen-bond acceptors (Lipinski definition) is 4. The van der Waals surface area contributed by atoms with Gasteiger partial charge in [0, 0.05) is 29.8 Å². The van der Waals surface area contributed by atoms with E-state index in [1.54, 1.807) is 24.7 Å². The lowest BCUT2D eigenvalue weighted by molar-refractivity contribution is 1.16. The molecule has 0 unspecified atom stereocenters. The fourth-order valence-electron chi connectivity index (χ4n) is 2.47. The van der Waals surface area contributed by atoms with Crippen LogP contribution < -0.4 is 5.56 Å². The molecule has 0 radical (unpaired) electrons. The molecule has 116 valence electrons. The van der Waals surface area contributed by atoms with E-state index in [0.29, 0.717) is 11.0 Å². The van der Waals surface area contributed by atoms with Crippen LogP contribution in [0.5, 0.6) is 0 Å². The van der Waals surface area contributed by atoms with Gasteiger partial charge in [-0.2, -0.15) is 0 Å². The van der Waals surface area contributed by atoms with E-state index in [2.05, 4.69) is 24.9 Å². The van der Waals surface area contributed by atoms with Crippen LogP contribution in [-0.2, 0) is 0 Å². The fraction of sp³-hybridized carbons (Fsp3) is 0. The first-order chi connectivity index (χ1) is 11.8. The lowest BCUT2D eigenvalue weighted by atomic mass is 10.1. The molecule has 0 amide bonds. The van der Waals surface area contributed by atoms with E-state index in [0.717, 1.165) is 22.5 Å². The van der Waals surface area contributed by atoms with Gasteiger partial charge in [-0.3, -0.25) is 14.8 Å². The maximum absolute atomic E-state index is 11.8. The van der Waals surface area contributed by atoms with Gasteiger partial charge in [-0.05, 0) is 35.9 Å². The summed E-state index contributed by atoms with van der Waals surface area (Å²) >= 11 is 0. The van der Waals surface area contributed by atoms with Crippen molar-refractivity contribution in [3.8, 4) is 11.3 Å². The molecule has 0 aliphatic rings. The van der Waals surface area contributed by atoms with E-state index in [1.807, 2.05) is 36.4 Å². The smallest absolute Gasteiger partial charge is 0.260 e. The highest BCUT2D eigenvalue weighted by atomic mass is 16.1. The summed E-state index contributed by atoms with van der Waals surface area (Å²) < 4.78 is 0. The molecular weight excluding hydrogens is 302 g/mol. The van der Waals surface area contributed by atoms with Crippen LogP contribution in [-0.4, -0.2) is 24.9 Å². The average molecular weight is 315 g/mol. The van der Waals surface area contributed by atoms with Gasteiger partial charge in [0.2, 0.25) is 0 Å². The number of H-pyrrole nitrogens is 2. The van der Waals surface area contributed by atoms with Gasteiger partial charge in [-0.1, -0.05) is 12.1 Å². The summed E-state index contributed by atoms with van der Waals surface area (Å²) in [7, 11) is 0. The Morgan fingerprint density at radius 3 is 2.83 bits per heavy atom. The van der Waals surface area contributed by atoms with Gasteiger partial charge in [0.1, 0.15) is 5.65 Å². The summed E-state index contributed by atoms with van der Waals surface area (Å²) in [5.74, 6) is 0. The molecule has 4 rings (SSSR count). The molecule has 6 heteroatoms. The first-order valence-corrected chi connectivity index (χ1v) is 7.40. The third-order valence-corrected chi connectivity index (χ3v) is 3.65. The molecule has 0 fully saturated rings. The van der Waals surface area contributed by atoms with Crippen LogP contribution in [0.4, 0.5) is 0 Å². The third kappa shape index (κ3) is 2.72. The van der Waals surface area contributed by atoms with Crippen LogP contribution in [0.3, 0.4) is 0 Å². The Morgan fingerprint density at radius 1 is 1.04 bits per heavy atom. The van der Waals surface area contributed by atoms with E-state index >= 15 is 0 Å². The lowest BCUT2D eigenvalue weighted by Crippen LogP contribution is -2.04. The number of nitrogens with one attached hydrogen (secondary N) is 2. The summed E-state index contributed by atoms with van der Waals surface area (Å²) in [4.78, 5) is 30.1. The van der Waals surface area contributed by atoms with Crippen LogP contribution in [0, 0.1) is 0 Å². The Balaban J connectivity index is 1.70. The molecule has 4 aromatic rings. The van der Waals surface area contributed by atoms with E-state index < -0.39 is 0 Å². The summed E-state index contributed by atoms with van der Waals surface area (Å²) in [6.45, 7) is 0. The Morgan fingerprint density at radius 2 is 2.00 bits per heavy atom. The maximum Gasteiger partial charge on any atom is 0.260 e. The molecule has 24 heavy (non-hydrogen) atoms. The van der Waals surface area contributed by atoms with E-state index in [-0.39, 0.29) is 5.56 Å². The summed E-state index contributed by atoms with van der Waals surface area (Å²) in [6.07, 6.45) is 10.5. The van der Waals surface area contributed by atoms with Crippen LogP contribution in [0.2, 0.25) is 0 Å². The molecule has 0 bridgehead atoms. The summed E-state index contributed by atoms with van der Waals surface area (Å²) in [5, 5.41) is 0.539. The molecule has 0 aromatic carbocycles. The van der Waals surface area contributed by atoms with Gasteiger partial charge in [0.15, 0.2) is 0 Å². The Bertz CT molecular complexity index is 1080. The molecule has 4 aromatic heterocycles. The molecule has 0 spiro atoms. The van der Waals surface area contributed by atoms with Crippen molar-refractivity contribution in [2.75, 3.05) is 0 Å². The highest BCUT2D eigenvalue weighted by molar-refractivity contribution is 5.82. The SMILES string of the molecule is O=c1[nH]cnc2[nH]c(-c3ccnc(/C=C/c4cccnc4)c3)cc12. The molecular formula is C18H13N5O. The van der Waals surface area contributed by atoms with E-state index in [9.17, 15) is 4.79 Å². The Hall–Kier alpha value is -3.54. The zero-order valence-corrected chi connectivity index (χ0v) is 12.6. The first-order valence-electron chi connectivity index (χ1n) is 7.40. The zero-order valence-electron chi connectivity index (χ0n) is 12.6. The number of hydrogen-bond donors (Lipinski definition) is 2. The molecule has 0 aliphatic carbocycles. The minimum absolute atomic E-state index is 0.159. The fourth-order valence-corrected chi connectivity index (χ4v) is 2.47. The zero-order chi connectivity index (χ0) is 16.4.